The molecule has 4 atom stereocenters. The number of fused-ring (bicyclic) bond motifs is 6. The molecule has 12 heteroatoms. The second-order valence-corrected chi connectivity index (χ2v) is 14.6. The van der Waals surface area contributed by atoms with Crippen molar-refractivity contribution in [2.75, 3.05) is 31.1 Å². The summed E-state index contributed by atoms with van der Waals surface area (Å²) in [5.41, 5.74) is -1.35. The molecule has 5 fully saturated rings. The van der Waals surface area contributed by atoms with E-state index in [1.165, 1.54) is 18.2 Å². The number of hydrogen-bond acceptors (Lipinski definition) is 7. The molecule has 5 heterocycles. The smallest absolute Gasteiger partial charge is 0.319 e. The fourth-order valence-electron chi connectivity index (χ4n) is 8.87. The number of phenols is 1. The first kappa shape index (κ1) is 30.8. The second kappa shape index (κ2) is 10.9. The van der Waals surface area contributed by atoms with Crippen molar-refractivity contribution in [1.29, 1.82) is 0 Å². The van der Waals surface area contributed by atoms with Crippen molar-refractivity contribution in [3.05, 3.63) is 53.3 Å². The minimum absolute atomic E-state index is 0.0824. The maximum atomic E-state index is 16.9. The van der Waals surface area contributed by atoms with Crippen LogP contribution >= 0.6 is 0 Å². The molecule has 4 unspecified atom stereocenters. The van der Waals surface area contributed by atoms with Crippen molar-refractivity contribution in [2.45, 2.75) is 75.0 Å². The molecule has 4 bridgehead atoms. The fraction of sp³-hybridized carbons (Fsp3) is 0.459. The van der Waals surface area contributed by atoms with E-state index in [-0.39, 0.29) is 75.7 Å². The van der Waals surface area contributed by atoms with Gasteiger partial charge in [0, 0.05) is 65.9 Å². The van der Waals surface area contributed by atoms with Crippen molar-refractivity contribution < 1.29 is 31.8 Å². The predicted octanol–water partition coefficient (Wildman–Crippen LogP) is 6.53. The number of aromatic nitrogens is 2. The molecule has 4 saturated heterocycles. The molecule has 0 spiro atoms. The Labute approximate surface area is 279 Å². The molecular weight excluding hydrogens is 641 g/mol. The molecule has 3 aromatic carbocycles. The van der Waals surface area contributed by atoms with Gasteiger partial charge in [0.15, 0.2) is 5.82 Å². The largest absolute Gasteiger partial charge is 0.508 e. The maximum absolute atomic E-state index is 16.9. The van der Waals surface area contributed by atoms with Crippen molar-refractivity contribution in [3.63, 3.8) is 0 Å². The van der Waals surface area contributed by atoms with Gasteiger partial charge >= 0.3 is 6.01 Å². The van der Waals surface area contributed by atoms with E-state index >= 15 is 8.78 Å². The Kier molecular flexibility index (Phi) is 6.85. The van der Waals surface area contributed by atoms with Gasteiger partial charge in [-0.15, -0.1) is 6.42 Å². The van der Waals surface area contributed by atoms with Gasteiger partial charge < -0.3 is 20.1 Å². The summed E-state index contributed by atoms with van der Waals surface area (Å²) in [7, 11) is 0. The van der Waals surface area contributed by atoms with Gasteiger partial charge in [0.05, 0.1) is 23.8 Å². The summed E-state index contributed by atoms with van der Waals surface area (Å²) >= 11 is 0. The summed E-state index contributed by atoms with van der Waals surface area (Å²) in [6.07, 6.45) is 10.3. The lowest BCUT2D eigenvalue weighted by Gasteiger charge is -2.34. The van der Waals surface area contributed by atoms with Crippen LogP contribution in [0.2, 0.25) is 0 Å². The molecule has 4 aliphatic heterocycles. The molecule has 1 saturated carbocycles. The zero-order valence-electron chi connectivity index (χ0n) is 26.6. The van der Waals surface area contributed by atoms with Crippen LogP contribution in [-0.2, 0) is 0 Å². The minimum atomic E-state index is -2.68. The number of phenolic OH excluding ortho intramolecular Hbond substituents is 1. The van der Waals surface area contributed by atoms with E-state index in [1.54, 1.807) is 0 Å². The quantitative estimate of drug-likeness (QED) is 0.171. The topological polar surface area (TPSA) is 73.8 Å². The zero-order chi connectivity index (χ0) is 33.8. The van der Waals surface area contributed by atoms with Gasteiger partial charge in [-0.05, 0) is 68.2 Å². The van der Waals surface area contributed by atoms with E-state index in [2.05, 4.69) is 16.2 Å². The number of terminal acetylenes is 1. The van der Waals surface area contributed by atoms with Gasteiger partial charge in [-0.25, -0.2) is 22.0 Å². The second-order valence-electron chi connectivity index (χ2n) is 14.6. The van der Waals surface area contributed by atoms with Gasteiger partial charge in [-0.1, -0.05) is 12.0 Å². The minimum Gasteiger partial charge on any atom is -0.508 e. The Hall–Kier alpha value is -4.21. The van der Waals surface area contributed by atoms with Gasteiger partial charge in [-0.3, -0.25) is 4.90 Å². The third-order valence-electron chi connectivity index (χ3n) is 11.4. The number of alkyl halides is 2. The molecule has 0 amide bonds. The Morgan fingerprint density at radius 2 is 1.78 bits per heavy atom. The van der Waals surface area contributed by atoms with Crippen LogP contribution in [0.4, 0.5) is 27.8 Å². The highest BCUT2D eigenvalue weighted by Crippen LogP contribution is 2.53. The Morgan fingerprint density at radius 3 is 2.45 bits per heavy atom. The average Bonchev–Trinajstić information content (AvgIpc) is 3.51. The molecule has 49 heavy (non-hydrogen) atoms. The normalized spacial score (nSPS) is 26.5. The molecule has 5 aliphatic rings. The molecule has 0 radical (unpaired) electrons. The number of rotatable bonds is 7. The van der Waals surface area contributed by atoms with Gasteiger partial charge in [-0.2, -0.15) is 9.97 Å². The van der Waals surface area contributed by atoms with E-state index < -0.39 is 35.0 Å². The SMILES string of the molecule is C#Cc1c(F)ccc2cc(O)cc(-c3c(F)cc4c(N5CC6CCC(C5)N6)nc(OCC5(CN6C7CCC6C(F)(F)C7)CC5)nc4c3F)c12. The summed E-state index contributed by atoms with van der Waals surface area (Å²) in [5, 5.41) is 14.6. The molecule has 7 nitrogen and oxygen atoms in total. The number of anilines is 1. The molecule has 1 aliphatic carbocycles. The van der Waals surface area contributed by atoms with Crippen molar-refractivity contribution in [2.24, 2.45) is 5.41 Å². The van der Waals surface area contributed by atoms with E-state index in [0.29, 0.717) is 37.3 Å². The highest BCUT2D eigenvalue weighted by molar-refractivity contribution is 6.04. The molecule has 4 aromatic rings. The zero-order valence-corrected chi connectivity index (χ0v) is 26.6. The number of halogens is 5. The number of aromatic hydroxyl groups is 1. The third-order valence-corrected chi connectivity index (χ3v) is 11.4. The summed E-state index contributed by atoms with van der Waals surface area (Å²) in [5.74, 6) is -3.06. The van der Waals surface area contributed by atoms with E-state index in [1.807, 2.05) is 9.80 Å². The highest BCUT2D eigenvalue weighted by atomic mass is 19.3. The van der Waals surface area contributed by atoms with Gasteiger partial charge in [0.1, 0.15) is 28.7 Å². The Bertz CT molecular complexity index is 2070. The van der Waals surface area contributed by atoms with Crippen molar-refractivity contribution in [1.82, 2.24) is 20.2 Å². The Balaban J connectivity index is 1.14. The number of benzene rings is 3. The number of nitrogens with one attached hydrogen (secondary N) is 1. The molecular formula is C37H34F5N5O2. The number of nitrogens with zero attached hydrogens (tertiary/aromatic N) is 4. The average molecular weight is 676 g/mol. The van der Waals surface area contributed by atoms with Gasteiger partial charge in [0.2, 0.25) is 0 Å². The predicted molar refractivity (Wildman–Crippen MR) is 174 cm³/mol. The summed E-state index contributed by atoms with van der Waals surface area (Å²) in [4.78, 5) is 13.1. The number of hydrogen-bond donors (Lipinski definition) is 2. The lowest BCUT2D eigenvalue weighted by Crippen LogP contribution is -2.51. The summed E-state index contributed by atoms with van der Waals surface area (Å²) < 4.78 is 83.4. The Morgan fingerprint density at radius 1 is 1.00 bits per heavy atom. The molecule has 9 rings (SSSR count). The third kappa shape index (κ3) is 4.99. The fourth-order valence-corrected chi connectivity index (χ4v) is 8.87. The van der Waals surface area contributed by atoms with Crippen molar-refractivity contribution in [3.8, 4) is 35.2 Å². The van der Waals surface area contributed by atoms with Crippen LogP contribution in [0, 0.1) is 35.2 Å². The lowest BCUT2D eigenvalue weighted by molar-refractivity contribution is -0.0380. The van der Waals surface area contributed by atoms with Crippen molar-refractivity contribution >= 4 is 27.5 Å². The standard InChI is InChI=1S/C37H34F5N5O2/c1-2-24-27(38)7-3-19-11-23(48)12-25(30(19)24)31-28(39)13-26-33(32(31)40)44-35(45-34(26)46-15-20-4-5-21(16-46)43-20)49-18-36(9-10-36)17-47-22-6-8-29(47)37(41,42)14-22/h1,3,7,11-13,20-22,29,43,48H,4-6,8-10,14-18H2. The van der Waals surface area contributed by atoms with Crippen LogP contribution in [0.5, 0.6) is 11.8 Å². The number of piperazine rings is 1. The monoisotopic (exact) mass is 675 g/mol. The maximum Gasteiger partial charge on any atom is 0.319 e. The van der Waals surface area contributed by atoms with Crippen LogP contribution in [0.1, 0.15) is 50.5 Å². The first-order valence-electron chi connectivity index (χ1n) is 16.9. The van der Waals surface area contributed by atoms with Crippen LogP contribution in [-0.4, -0.2) is 76.3 Å². The van der Waals surface area contributed by atoms with Gasteiger partial charge in [0.25, 0.3) is 5.92 Å². The van der Waals surface area contributed by atoms with Crippen LogP contribution < -0.4 is 15.0 Å². The summed E-state index contributed by atoms with van der Waals surface area (Å²) in [6, 6.07) is 5.63. The van der Waals surface area contributed by atoms with E-state index in [9.17, 15) is 18.3 Å². The first-order valence-corrected chi connectivity index (χ1v) is 16.9. The highest BCUT2D eigenvalue weighted by Gasteiger charge is 2.60. The van der Waals surface area contributed by atoms with Crippen LogP contribution in [0.25, 0.3) is 32.8 Å². The van der Waals surface area contributed by atoms with E-state index in [4.69, 9.17) is 16.1 Å². The lowest BCUT2D eigenvalue weighted by atomic mass is 9.92. The first-order chi connectivity index (χ1) is 23.5. The molecule has 2 N–H and O–H groups in total. The van der Waals surface area contributed by atoms with Crippen LogP contribution in [0.3, 0.4) is 0 Å². The summed E-state index contributed by atoms with van der Waals surface area (Å²) in [6.45, 7) is 1.81. The van der Waals surface area contributed by atoms with Crippen LogP contribution in [0.15, 0.2) is 30.3 Å². The molecule has 254 valence electrons. The number of ether oxygens (including phenoxy) is 1. The van der Waals surface area contributed by atoms with E-state index in [0.717, 1.165) is 44.2 Å². The molecule has 1 aromatic heterocycles.